The monoisotopic (exact) mass is 292 g/mol. The van der Waals surface area contributed by atoms with Gasteiger partial charge in [0.15, 0.2) is 0 Å². The van der Waals surface area contributed by atoms with Crippen LogP contribution in [0.3, 0.4) is 0 Å². The summed E-state index contributed by atoms with van der Waals surface area (Å²) >= 11 is 7.87. The summed E-state index contributed by atoms with van der Waals surface area (Å²) in [6, 6.07) is 0. The molecule has 1 N–H and O–H groups in total. The van der Waals surface area contributed by atoms with Crippen LogP contribution in [0.1, 0.15) is 11.8 Å². The van der Waals surface area contributed by atoms with Gasteiger partial charge in [0.2, 0.25) is 0 Å². The largest absolute Gasteiger partial charge is 0.384 e. The molecule has 1 aliphatic rings. The summed E-state index contributed by atoms with van der Waals surface area (Å²) < 4.78 is 12.3. The SMILES string of the molecule is COCCn1ncc(Cl)c1C(O)C1CSCCO1. The molecule has 2 unspecified atom stereocenters. The molecule has 1 aromatic heterocycles. The standard InChI is InChI=1S/C11H17ClN2O3S/c1-16-3-2-14-10(8(12)6-13-14)11(15)9-7-18-5-4-17-9/h6,9,11,15H,2-5,7H2,1H3. The summed E-state index contributed by atoms with van der Waals surface area (Å²) in [6.07, 6.45) is 0.579. The van der Waals surface area contributed by atoms with Gasteiger partial charge < -0.3 is 14.6 Å². The third-order valence-electron chi connectivity index (χ3n) is 2.81. The van der Waals surface area contributed by atoms with Crippen LogP contribution in [0.25, 0.3) is 0 Å². The quantitative estimate of drug-likeness (QED) is 0.888. The minimum Gasteiger partial charge on any atom is -0.384 e. The van der Waals surface area contributed by atoms with Crippen LogP contribution >= 0.6 is 23.4 Å². The van der Waals surface area contributed by atoms with Gasteiger partial charge in [-0.2, -0.15) is 16.9 Å². The average molecular weight is 293 g/mol. The number of aromatic nitrogens is 2. The number of rotatable bonds is 5. The Morgan fingerprint density at radius 3 is 3.28 bits per heavy atom. The summed E-state index contributed by atoms with van der Waals surface area (Å²) in [5, 5.41) is 15.0. The van der Waals surface area contributed by atoms with Gasteiger partial charge in [0.05, 0.1) is 42.8 Å². The molecule has 1 saturated heterocycles. The molecule has 7 heteroatoms. The number of aliphatic hydroxyl groups excluding tert-OH is 1. The molecule has 1 fully saturated rings. The van der Waals surface area contributed by atoms with Crippen LogP contribution in [-0.2, 0) is 16.0 Å². The predicted octanol–water partition coefficient (Wildman–Crippen LogP) is 1.35. The van der Waals surface area contributed by atoms with Crippen molar-refractivity contribution < 1.29 is 14.6 Å². The lowest BCUT2D eigenvalue weighted by Gasteiger charge is -2.27. The summed E-state index contributed by atoms with van der Waals surface area (Å²) in [6.45, 7) is 1.75. The molecule has 18 heavy (non-hydrogen) atoms. The lowest BCUT2D eigenvalue weighted by molar-refractivity contribution is -0.0268. The molecule has 102 valence electrons. The van der Waals surface area contributed by atoms with Crippen molar-refractivity contribution in [2.24, 2.45) is 0 Å². The van der Waals surface area contributed by atoms with Crippen LogP contribution in [0.4, 0.5) is 0 Å². The third-order valence-corrected chi connectivity index (χ3v) is 4.13. The van der Waals surface area contributed by atoms with Crippen molar-refractivity contribution >= 4 is 23.4 Å². The lowest BCUT2D eigenvalue weighted by atomic mass is 10.1. The first kappa shape index (κ1) is 14.1. The van der Waals surface area contributed by atoms with E-state index in [1.165, 1.54) is 0 Å². The van der Waals surface area contributed by atoms with Crippen molar-refractivity contribution in [3.05, 3.63) is 16.9 Å². The highest BCUT2D eigenvalue weighted by molar-refractivity contribution is 7.99. The van der Waals surface area contributed by atoms with Gasteiger partial charge in [-0.25, -0.2) is 0 Å². The highest BCUT2D eigenvalue weighted by Crippen LogP contribution is 2.29. The minimum atomic E-state index is -0.746. The number of nitrogens with zero attached hydrogens (tertiary/aromatic N) is 2. The van der Waals surface area contributed by atoms with Gasteiger partial charge in [-0.3, -0.25) is 4.68 Å². The number of hydrogen-bond acceptors (Lipinski definition) is 5. The van der Waals surface area contributed by atoms with Gasteiger partial charge in [-0.05, 0) is 0 Å². The van der Waals surface area contributed by atoms with Gasteiger partial charge in [-0.1, -0.05) is 11.6 Å². The second-order valence-electron chi connectivity index (χ2n) is 4.02. The molecule has 0 saturated carbocycles. The second kappa shape index (κ2) is 6.77. The maximum Gasteiger partial charge on any atom is 0.124 e. The fourth-order valence-corrected chi connectivity index (χ4v) is 3.03. The highest BCUT2D eigenvalue weighted by Gasteiger charge is 2.29. The molecule has 1 aliphatic heterocycles. The Kier molecular flexibility index (Phi) is 5.32. The van der Waals surface area contributed by atoms with E-state index in [1.54, 1.807) is 29.8 Å². The van der Waals surface area contributed by atoms with Crippen LogP contribution in [0, 0.1) is 0 Å². The van der Waals surface area contributed by atoms with Crippen LogP contribution in [0.5, 0.6) is 0 Å². The minimum absolute atomic E-state index is 0.223. The summed E-state index contributed by atoms with van der Waals surface area (Å²) in [7, 11) is 1.63. The molecule has 2 rings (SSSR count). The molecule has 0 radical (unpaired) electrons. The third kappa shape index (κ3) is 3.19. The van der Waals surface area contributed by atoms with Crippen molar-refractivity contribution in [1.82, 2.24) is 9.78 Å². The maximum atomic E-state index is 10.4. The van der Waals surface area contributed by atoms with E-state index in [0.29, 0.717) is 30.5 Å². The molecule has 2 atom stereocenters. The van der Waals surface area contributed by atoms with E-state index in [4.69, 9.17) is 21.1 Å². The molecule has 0 amide bonds. The van der Waals surface area contributed by atoms with E-state index in [0.717, 1.165) is 11.5 Å². The Labute approximate surface area is 115 Å². The molecule has 5 nitrogen and oxygen atoms in total. The Bertz CT molecular complexity index is 382. The number of methoxy groups -OCH3 is 1. The van der Waals surface area contributed by atoms with Gasteiger partial charge in [0, 0.05) is 18.6 Å². The number of aliphatic hydroxyl groups is 1. The van der Waals surface area contributed by atoms with Crippen molar-refractivity contribution in [3.8, 4) is 0 Å². The van der Waals surface area contributed by atoms with Gasteiger partial charge >= 0.3 is 0 Å². The number of hydrogen-bond donors (Lipinski definition) is 1. The first-order valence-electron chi connectivity index (χ1n) is 5.81. The lowest BCUT2D eigenvalue weighted by Crippen LogP contribution is -2.31. The van der Waals surface area contributed by atoms with E-state index >= 15 is 0 Å². The highest BCUT2D eigenvalue weighted by atomic mass is 35.5. The normalized spacial score (nSPS) is 22.1. The van der Waals surface area contributed by atoms with Crippen LogP contribution < -0.4 is 0 Å². The van der Waals surface area contributed by atoms with E-state index < -0.39 is 6.10 Å². The van der Waals surface area contributed by atoms with Crippen LogP contribution in [0.15, 0.2) is 6.20 Å². The summed E-state index contributed by atoms with van der Waals surface area (Å²) in [4.78, 5) is 0. The summed E-state index contributed by atoms with van der Waals surface area (Å²) in [5.74, 6) is 1.74. The Morgan fingerprint density at radius 1 is 1.78 bits per heavy atom. The Balaban J connectivity index is 2.12. The molecular weight excluding hydrogens is 276 g/mol. The number of thioether (sulfide) groups is 1. The van der Waals surface area contributed by atoms with Crippen LogP contribution in [0.2, 0.25) is 5.02 Å². The number of halogens is 1. The first-order valence-corrected chi connectivity index (χ1v) is 7.35. The molecule has 0 aromatic carbocycles. The Hall–Kier alpha value is -0.270. The molecule has 0 aliphatic carbocycles. The van der Waals surface area contributed by atoms with Crippen molar-refractivity contribution in [2.45, 2.75) is 18.8 Å². The first-order chi connectivity index (χ1) is 8.74. The van der Waals surface area contributed by atoms with Gasteiger partial charge in [0.25, 0.3) is 0 Å². The molecule has 0 bridgehead atoms. The zero-order valence-electron chi connectivity index (χ0n) is 10.2. The average Bonchev–Trinajstić information content (AvgIpc) is 2.77. The second-order valence-corrected chi connectivity index (χ2v) is 5.58. The molecular formula is C11H17ClN2O3S. The van der Waals surface area contributed by atoms with Crippen LogP contribution in [-0.4, -0.2) is 52.8 Å². The van der Waals surface area contributed by atoms with Gasteiger partial charge in [-0.15, -0.1) is 0 Å². The molecule has 0 spiro atoms. The topological polar surface area (TPSA) is 56.5 Å². The molecule has 2 heterocycles. The smallest absolute Gasteiger partial charge is 0.124 e. The van der Waals surface area contributed by atoms with E-state index in [9.17, 15) is 5.11 Å². The van der Waals surface area contributed by atoms with Crippen molar-refractivity contribution in [3.63, 3.8) is 0 Å². The van der Waals surface area contributed by atoms with Crippen molar-refractivity contribution in [1.29, 1.82) is 0 Å². The zero-order valence-corrected chi connectivity index (χ0v) is 11.8. The summed E-state index contributed by atoms with van der Waals surface area (Å²) in [5.41, 5.74) is 0.612. The molecule has 1 aromatic rings. The Morgan fingerprint density at radius 2 is 2.61 bits per heavy atom. The number of ether oxygens (including phenoxy) is 2. The zero-order chi connectivity index (χ0) is 13.0. The predicted molar refractivity (Wildman–Crippen MR) is 71.1 cm³/mol. The van der Waals surface area contributed by atoms with Gasteiger partial charge in [0.1, 0.15) is 6.10 Å². The van der Waals surface area contributed by atoms with Crippen molar-refractivity contribution in [2.75, 3.05) is 31.8 Å². The van der Waals surface area contributed by atoms with E-state index in [2.05, 4.69) is 5.10 Å². The fraction of sp³-hybridized carbons (Fsp3) is 0.727. The maximum absolute atomic E-state index is 10.4. The fourth-order valence-electron chi connectivity index (χ4n) is 1.89. The van der Waals surface area contributed by atoms with E-state index in [-0.39, 0.29) is 6.10 Å². The van der Waals surface area contributed by atoms with E-state index in [1.807, 2.05) is 0 Å².